The summed E-state index contributed by atoms with van der Waals surface area (Å²) in [7, 11) is 0. The third-order valence-corrected chi connectivity index (χ3v) is 3.93. The van der Waals surface area contributed by atoms with Crippen molar-refractivity contribution < 1.29 is 4.42 Å². The van der Waals surface area contributed by atoms with E-state index in [-0.39, 0.29) is 0 Å². The summed E-state index contributed by atoms with van der Waals surface area (Å²) < 4.78 is 5.79. The van der Waals surface area contributed by atoms with Gasteiger partial charge >= 0.3 is 0 Å². The van der Waals surface area contributed by atoms with Crippen molar-refractivity contribution in [2.24, 2.45) is 5.92 Å². The highest BCUT2D eigenvalue weighted by molar-refractivity contribution is 5.82. The molecular weight excluding hydrogens is 210 g/mol. The number of hydrogen-bond acceptors (Lipinski definition) is 2. The van der Waals surface area contributed by atoms with Crippen molar-refractivity contribution in [1.82, 2.24) is 5.32 Å². The molecule has 0 radical (unpaired) electrons. The molecule has 2 nitrogen and oxygen atoms in total. The van der Waals surface area contributed by atoms with E-state index < -0.39 is 0 Å². The molecule has 1 fully saturated rings. The van der Waals surface area contributed by atoms with Gasteiger partial charge in [0.15, 0.2) is 0 Å². The van der Waals surface area contributed by atoms with Crippen molar-refractivity contribution in [2.45, 2.75) is 26.7 Å². The average molecular weight is 229 g/mol. The highest BCUT2D eigenvalue weighted by Crippen LogP contribution is 2.26. The van der Waals surface area contributed by atoms with E-state index in [4.69, 9.17) is 4.42 Å². The number of nitrogens with one attached hydrogen (secondary N) is 1. The van der Waals surface area contributed by atoms with Gasteiger partial charge in [-0.15, -0.1) is 0 Å². The van der Waals surface area contributed by atoms with Crippen molar-refractivity contribution >= 4 is 11.0 Å². The van der Waals surface area contributed by atoms with Crippen LogP contribution in [0.5, 0.6) is 0 Å². The molecule has 17 heavy (non-hydrogen) atoms. The Labute approximate surface area is 102 Å². The zero-order valence-electron chi connectivity index (χ0n) is 10.5. The van der Waals surface area contributed by atoms with Crippen LogP contribution in [0.2, 0.25) is 0 Å². The number of benzene rings is 1. The Kier molecular flexibility index (Phi) is 2.67. The molecule has 1 atom stereocenters. The Morgan fingerprint density at radius 1 is 1.35 bits per heavy atom. The van der Waals surface area contributed by atoms with Gasteiger partial charge in [0, 0.05) is 5.39 Å². The Morgan fingerprint density at radius 2 is 2.24 bits per heavy atom. The Hall–Kier alpha value is -1.28. The predicted octanol–water partition coefficient (Wildman–Crippen LogP) is 3.20. The molecule has 1 saturated heterocycles. The van der Waals surface area contributed by atoms with Crippen molar-refractivity contribution in [3.05, 3.63) is 35.1 Å². The van der Waals surface area contributed by atoms with Crippen LogP contribution in [0, 0.1) is 19.8 Å². The molecule has 1 aromatic heterocycles. The maximum absolute atomic E-state index is 5.79. The first-order valence-corrected chi connectivity index (χ1v) is 6.43. The van der Waals surface area contributed by atoms with Crippen LogP contribution in [-0.2, 0) is 6.42 Å². The molecule has 0 saturated carbocycles. The van der Waals surface area contributed by atoms with Crippen molar-refractivity contribution in [2.75, 3.05) is 13.1 Å². The zero-order chi connectivity index (χ0) is 11.8. The van der Waals surface area contributed by atoms with E-state index in [9.17, 15) is 0 Å². The molecule has 1 aliphatic heterocycles. The molecule has 2 heterocycles. The standard InChI is InChI=1S/C15H19NO/c1-10-11(2)17-15-8-12(3-4-14(10)15)7-13-5-6-16-9-13/h3-4,8,13,16H,5-7,9H2,1-2H3. The predicted molar refractivity (Wildman–Crippen MR) is 70.4 cm³/mol. The first kappa shape index (κ1) is 10.8. The summed E-state index contributed by atoms with van der Waals surface area (Å²) in [5.41, 5.74) is 3.72. The lowest BCUT2D eigenvalue weighted by Crippen LogP contribution is -2.10. The summed E-state index contributed by atoms with van der Waals surface area (Å²) in [6, 6.07) is 6.68. The lowest BCUT2D eigenvalue weighted by Gasteiger charge is -2.07. The molecule has 0 bridgehead atoms. The lowest BCUT2D eigenvalue weighted by molar-refractivity contribution is 0.568. The van der Waals surface area contributed by atoms with Crippen LogP contribution < -0.4 is 5.32 Å². The fourth-order valence-electron chi connectivity index (χ4n) is 2.74. The van der Waals surface area contributed by atoms with Gasteiger partial charge in [-0.25, -0.2) is 0 Å². The number of hydrogen-bond donors (Lipinski definition) is 1. The molecular formula is C15H19NO. The number of furan rings is 1. The smallest absolute Gasteiger partial charge is 0.134 e. The lowest BCUT2D eigenvalue weighted by atomic mass is 9.98. The largest absolute Gasteiger partial charge is 0.461 e. The molecule has 90 valence electrons. The van der Waals surface area contributed by atoms with Gasteiger partial charge in [0.05, 0.1) is 0 Å². The van der Waals surface area contributed by atoms with E-state index >= 15 is 0 Å². The number of fused-ring (bicyclic) bond motifs is 1. The average Bonchev–Trinajstić information content (AvgIpc) is 2.89. The third-order valence-electron chi connectivity index (χ3n) is 3.93. The van der Waals surface area contributed by atoms with E-state index in [0.29, 0.717) is 0 Å². The third kappa shape index (κ3) is 1.98. The van der Waals surface area contributed by atoms with Crippen LogP contribution in [0.15, 0.2) is 22.6 Å². The summed E-state index contributed by atoms with van der Waals surface area (Å²) in [5.74, 6) is 1.84. The SMILES string of the molecule is Cc1oc2cc(CC3CCNC3)ccc2c1C. The van der Waals surface area contributed by atoms with Crippen LogP contribution in [-0.4, -0.2) is 13.1 Å². The van der Waals surface area contributed by atoms with Gasteiger partial charge in [0.1, 0.15) is 11.3 Å². The van der Waals surface area contributed by atoms with Crippen LogP contribution in [0.1, 0.15) is 23.3 Å². The van der Waals surface area contributed by atoms with E-state index in [1.54, 1.807) is 0 Å². The molecule has 3 rings (SSSR count). The molecule has 1 unspecified atom stereocenters. The minimum atomic E-state index is 0.796. The summed E-state index contributed by atoms with van der Waals surface area (Å²) >= 11 is 0. The van der Waals surface area contributed by atoms with Crippen molar-refractivity contribution in [1.29, 1.82) is 0 Å². The van der Waals surface area contributed by atoms with E-state index in [2.05, 4.69) is 30.4 Å². The molecule has 0 aliphatic carbocycles. The normalized spacial score (nSPS) is 20.2. The molecule has 1 aromatic carbocycles. The number of rotatable bonds is 2. The first-order chi connectivity index (χ1) is 8.24. The quantitative estimate of drug-likeness (QED) is 0.855. The maximum Gasteiger partial charge on any atom is 0.134 e. The fourth-order valence-corrected chi connectivity index (χ4v) is 2.74. The summed E-state index contributed by atoms with van der Waals surface area (Å²) in [5, 5.41) is 4.68. The molecule has 0 amide bonds. The molecule has 0 spiro atoms. The highest BCUT2D eigenvalue weighted by Gasteiger charge is 2.15. The highest BCUT2D eigenvalue weighted by atomic mass is 16.3. The first-order valence-electron chi connectivity index (χ1n) is 6.43. The van der Waals surface area contributed by atoms with Gasteiger partial charge in [0.25, 0.3) is 0 Å². The van der Waals surface area contributed by atoms with Crippen LogP contribution in [0.25, 0.3) is 11.0 Å². The van der Waals surface area contributed by atoms with Gasteiger partial charge in [-0.2, -0.15) is 0 Å². The van der Waals surface area contributed by atoms with Crippen molar-refractivity contribution in [3.8, 4) is 0 Å². The van der Waals surface area contributed by atoms with Crippen LogP contribution >= 0.6 is 0 Å². The van der Waals surface area contributed by atoms with Crippen LogP contribution in [0.3, 0.4) is 0 Å². The Morgan fingerprint density at radius 3 is 3.00 bits per heavy atom. The van der Waals surface area contributed by atoms with E-state index in [0.717, 1.165) is 23.8 Å². The molecule has 1 N–H and O–H groups in total. The van der Waals surface area contributed by atoms with Gasteiger partial charge in [-0.3, -0.25) is 0 Å². The monoisotopic (exact) mass is 229 g/mol. The maximum atomic E-state index is 5.79. The summed E-state index contributed by atoms with van der Waals surface area (Å²) in [6.45, 7) is 6.50. The van der Waals surface area contributed by atoms with E-state index in [1.807, 2.05) is 6.92 Å². The van der Waals surface area contributed by atoms with Gasteiger partial charge in [-0.1, -0.05) is 12.1 Å². The molecule has 2 aromatic rings. The van der Waals surface area contributed by atoms with E-state index in [1.165, 1.54) is 35.9 Å². The second-order valence-corrected chi connectivity index (χ2v) is 5.18. The summed E-state index contributed by atoms with van der Waals surface area (Å²) in [4.78, 5) is 0. The topological polar surface area (TPSA) is 25.2 Å². The fraction of sp³-hybridized carbons (Fsp3) is 0.467. The molecule has 1 aliphatic rings. The zero-order valence-corrected chi connectivity index (χ0v) is 10.5. The Balaban J connectivity index is 1.90. The minimum Gasteiger partial charge on any atom is -0.461 e. The second-order valence-electron chi connectivity index (χ2n) is 5.18. The summed E-state index contributed by atoms with van der Waals surface area (Å²) in [6.07, 6.45) is 2.47. The van der Waals surface area contributed by atoms with Gasteiger partial charge in [-0.05, 0) is 62.9 Å². The van der Waals surface area contributed by atoms with Crippen LogP contribution in [0.4, 0.5) is 0 Å². The second kappa shape index (κ2) is 4.19. The van der Waals surface area contributed by atoms with Crippen molar-refractivity contribution in [3.63, 3.8) is 0 Å². The van der Waals surface area contributed by atoms with Gasteiger partial charge < -0.3 is 9.73 Å². The Bertz CT molecular complexity index is 535. The number of aryl methyl sites for hydroxylation is 2. The van der Waals surface area contributed by atoms with Gasteiger partial charge in [0.2, 0.25) is 0 Å². The molecule has 2 heteroatoms. The minimum absolute atomic E-state index is 0.796.